The summed E-state index contributed by atoms with van der Waals surface area (Å²) in [7, 11) is 0. The predicted octanol–water partition coefficient (Wildman–Crippen LogP) is 2.88. The number of nitrogens with two attached hydrogens (primary N) is 1. The number of urea groups is 1. The summed E-state index contributed by atoms with van der Waals surface area (Å²) in [6.45, 7) is 2.84. The van der Waals surface area contributed by atoms with Gasteiger partial charge < -0.3 is 30.4 Å². The van der Waals surface area contributed by atoms with Gasteiger partial charge in [-0.05, 0) is 35.4 Å². The lowest BCUT2D eigenvalue weighted by molar-refractivity contribution is -0.139. The Morgan fingerprint density at radius 1 is 0.841 bits per heavy atom. The topological polar surface area (TPSA) is 195 Å². The van der Waals surface area contributed by atoms with Gasteiger partial charge in [-0.1, -0.05) is 48.5 Å². The fourth-order valence-electron chi connectivity index (χ4n) is 4.81. The van der Waals surface area contributed by atoms with Gasteiger partial charge in [0.1, 0.15) is 6.17 Å². The van der Waals surface area contributed by atoms with Crippen molar-refractivity contribution < 1.29 is 48.1 Å². The highest BCUT2D eigenvalue weighted by atomic mass is 16.6. The summed E-state index contributed by atoms with van der Waals surface area (Å²) in [6.07, 6.45) is -3.45. The van der Waals surface area contributed by atoms with Crippen LogP contribution in [0.15, 0.2) is 72.8 Å². The Balaban J connectivity index is 2.06. The molecular weight excluding hydrogens is 576 g/mol. The standard InChI is InChI=1S/C30H28N4O10/c1-17(35)42-23-14-21(15-24(43-18(2)36)25(23)44-19(3)37)30(32-28(39)40)26(31)34(22-12-8-5-9-13-22)29(41)33(27(30)38)16-20-10-6-4-7-11-20/h4-15,26,32H,16,31H2,1-3H3,(H,39,40). The van der Waals surface area contributed by atoms with Gasteiger partial charge in [0.25, 0.3) is 5.91 Å². The second-order valence-electron chi connectivity index (χ2n) is 9.63. The molecule has 4 amide bonds. The number of amides is 4. The van der Waals surface area contributed by atoms with Crippen molar-refractivity contribution in [1.82, 2.24) is 10.2 Å². The molecule has 1 fully saturated rings. The zero-order valence-corrected chi connectivity index (χ0v) is 23.8. The molecule has 44 heavy (non-hydrogen) atoms. The van der Waals surface area contributed by atoms with E-state index in [0.717, 1.165) is 42.7 Å². The second-order valence-corrected chi connectivity index (χ2v) is 9.63. The van der Waals surface area contributed by atoms with Crippen LogP contribution in [0.4, 0.5) is 15.3 Å². The lowest BCUT2D eigenvalue weighted by Gasteiger charge is -2.50. The van der Waals surface area contributed by atoms with Crippen LogP contribution in [0.1, 0.15) is 31.9 Å². The number of carbonyl (C=O) groups is 6. The summed E-state index contributed by atoms with van der Waals surface area (Å²) >= 11 is 0. The normalized spacial score (nSPS) is 18.0. The van der Waals surface area contributed by atoms with Gasteiger partial charge in [0.2, 0.25) is 5.75 Å². The van der Waals surface area contributed by atoms with Crippen molar-refractivity contribution in [2.24, 2.45) is 5.73 Å². The summed E-state index contributed by atoms with van der Waals surface area (Å²) in [5.41, 5.74) is 4.62. The first-order valence-corrected chi connectivity index (χ1v) is 13.1. The molecule has 2 atom stereocenters. The molecule has 0 saturated carbocycles. The number of ether oxygens (including phenoxy) is 3. The number of nitrogens with zero attached hydrogens (tertiary/aromatic N) is 2. The molecule has 2 unspecified atom stereocenters. The summed E-state index contributed by atoms with van der Waals surface area (Å²) in [5, 5.41) is 12.2. The number of carboxylic acid groups (broad SMARTS) is 1. The number of nitrogens with one attached hydrogen (secondary N) is 1. The van der Waals surface area contributed by atoms with Crippen LogP contribution in [-0.4, -0.2) is 52.1 Å². The number of para-hydroxylation sites is 1. The smallest absolute Gasteiger partial charge is 0.405 e. The molecule has 0 spiro atoms. The number of benzene rings is 3. The molecular formula is C30H28N4O10. The van der Waals surface area contributed by atoms with E-state index in [1.165, 1.54) is 12.1 Å². The molecule has 0 bridgehead atoms. The molecule has 1 heterocycles. The quantitative estimate of drug-likeness (QED) is 0.253. The van der Waals surface area contributed by atoms with E-state index in [9.17, 15) is 33.9 Å². The number of anilines is 1. The van der Waals surface area contributed by atoms with Gasteiger partial charge in [-0.3, -0.25) is 29.0 Å². The van der Waals surface area contributed by atoms with Crippen LogP contribution in [-0.2, 0) is 31.3 Å². The Labute approximate surface area is 250 Å². The Hall–Kier alpha value is -5.76. The summed E-state index contributed by atoms with van der Waals surface area (Å²) in [5.74, 6) is -5.23. The zero-order chi connectivity index (χ0) is 32.2. The fraction of sp³-hybridized carbons (Fsp3) is 0.200. The van der Waals surface area contributed by atoms with Crippen molar-refractivity contribution in [3.05, 3.63) is 83.9 Å². The largest absolute Gasteiger partial charge is 0.465 e. The van der Waals surface area contributed by atoms with Crippen molar-refractivity contribution in [2.75, 3.05) is 4.90 Å². The van der Waals surface area contributed by atoms with Crippen LogP contribution >= 0.6 is 0 Å². The third-order valence-electron chi connectivity index (χ3n) is 6.49. The molecule has 228 valence electrons. The highest BCUT2D eigenvalue weighted by Gasteiger charge is 2.59. The highest BCUT2D eigenvalue weighted by Crippen LogP contribution is 2.45. The predicted molar refractivity (Wildman–Crippen MR) is 152 cm³/mol. The summed E-state index contributed by atoms with van der Waals surface area (Å²) in [6, 6.07) is 17.7. The number of esters is 3. The second kappa shape index (κ2) is 12.6. The van der Waals surface area contributed by atoms with Gasteiger partial charge in [-0.2, -0.15) is 0 Å². The molecule has 3 aromatic carbocycles. The maximum atomic E-state index is 14.5. The van der Waals surface area contributed by atoms with E-state index in [-0.39, 0.29) is 17.8 Å². The average Bonchev–Trinajstić information content (AvgIpc) is 2.95. The van der Waals surface area contributed by atoms with E-state index in [1.807, 2.05) is 0 Å². The fourth-order valence-corrected chi connectivity index (χ4v) is 4.81. The number of hydrogen-bond donors (Lipinski definition) is 3. The first kappa shape index (κ1) is 31.2. The Morgan fingerprint density at radius 2 is 1.34 bits per heavy atom. The minimum atomic E-state index is -2.50. The lowest BCUT2D eigenvalue weighted by Crippen LogP contribution is -2.77. The third kappa shape index (κ3) is 6.19. The summed E-state index contributed by atoms with van der Waals surface area (Å²) < 4.78 is 15.7. The minimum absolute atomic E-state index is 0.226. The van der Waals surface area contributed by atoms with Crippen LogP contribution in [0, 0.1) is 0 Å². The third-order valence-corrected chi connectivity index (χ3v) is 6.49. The van der Waals surface area contributed by atoms with Crippen molar-refractivity contribution in [1.29, 1.82) is 0 Å². The van der Waals surface area contributed by atoms with Crippen LogP contribution < -0.4 is 30.2 Å². The van der Waals surface area contributed by atoms with Crippen molar-refractivity contribution in [2.45, 2.75) is 39.0 Å². The molecule has 0 aromatic heterocycles. The maximum Gasteiger partial charge on any atom is 0.405 e. The van der Waals surface area contributed by atoms with Gasteiger partial charge in [0.05, 0.1) is 6.54 Å². The summed E-state index contributed by atoms with van der Waals surface area (Å²) in [4.78, 5) is 78.7. The molecule has 0 aliphatic carbocycles. The SMILES string of the molecule is CC(=O)Oc1cc(C2(NC(=O)O)C(=O)N(Cc3ccccc3)C(=O)N(c3ccccc3)C2N)cc(OC(C)=O)c1OC(C)=O. The lowest BCUT2D eigenvalue weighted by atomic mass is 9.82. The average molecular weight is 605 g/mol. The number of imide groups is 1. The van der Waals surface area contributed by atoms with E-state index >= 15 is 0 Å². The Morgan fingerprint density at radius 3 is 1.82 bits per heavy atom. The Bertz CT molecular complexity index is 1590. The van der Waals surface area contributed by atoms with Crippen molar-refractivity contribution in [3.8, 4) is 17.2 Å². The first-order chi connectivity index (χ1) is 20.8. The Kier molecular flexibility index (Phi) is 8.95. The first-order valence-electron chi connectivity index (χ1n) is 13.1. The molecule has 3 aromatic rings. The van der Waals surface area contributed by atoms with E-state index in [1.54, 1.807) is 48.5 Å². The van der Waals surface area contributed by atoms with Crippen LogP contribution in [0.5, 0.6) is 17.2 Å². The van der Waals surface area contributed by atoms with Crippen LogP contribution in [0.3, 0.4) is 0 Å². The van der Waals surface area contributed by atoms with Gasteiger partial charge in [-0.15, -0.1) is 0 Å². The monoisotopic (exact) mass is 604 g/mol. The molecule has 1 saturated heterocycles. The van der Waals surface area contributed by atoms with Gasteiger partial charge >= 0.3 is 30.0 Å². The van der Waals surface area contributed by atoms with E-state index in [2.05, 4.69) is 5.32 Å². The van der Waals surface area contributed by atoms with Gasteiger partial charge in [0, 0.05) is 26.5 Å². The number of carbonyl (C=O) groups excluding carboxylic acids is 5. The molecule has 1 aliphatic heterocycles. The molecule has 4 rings (SSSR count). The van der Waals surface area contributed by atoms with Gasteiger partial charge in [-0.25, -0.2) is 9.59 Å². The van der Waals surface area contributed by atoms with E-state index < -0.39 is 64.9 Å². The van der Waals surface area contributed by atoms with Crippen molar-refractivity contribution >= 4 is 41.6 Å². The maximum absolute atomic E-state index is 14.5. The number of rotatable bonds is 8. The van der Waals surface area contributed by atoms with Crippen LogP contribution in [0.2, 0.25) is 0 Å². The molecule has 14 heteroatoms. The molecule has 0 radical (unpaired) electrons. The molecule has 4 N–H and O–H groups in total. The van der Waals surface area contributed by atoms with E-state index in [4.69, 9.17) is 19.9 Å². The highest BCUT2D eigenvalue weighted by molar-refractivity contribution is 6.11. The van der Waals surface area contributed by atoms with Gasteiger partial charge in [0.15, 0.2) is 17.0 Å². The van der Waals surface area contributed by atoms with Crippen molar-refractivity contribution in [3.63, 3.8) is 0 Å². The zero-order valence-electron chi connectivity index (χ0n) is 23.8. The number of hydrogen-bond acceptors (Lipinski definition) is 10. The van der Waals surface area contributed by atoms with Crippen LogP contribution in [0.25, 0.3) is 0 Å². The van der Waals surface area contributed by atoms with E-state index in [0.29, 0.717) is 5.56 Å². The molecule has 1 aliphatic rings. The minimum Gasteiger partial charge on any atom is -0.465 e. The molecule has 14 nitrogen and oxygen atoms in total.